The Hall–Kier alpha value is -3.10. The molecular weight excluding hydrogens is 348 g/mol. The van der Waals surface area contributed by atoms with Crippen LogP contribution in [0.15, 0.2) is 59.4 Å². The van der Waals surface area contributed by atoms with E-state index in [1.54, 1.807) is 24.5 Å². The molecule has 0 fully saturated rings. The van der Waals surface area contributed by atoms with Gasteiger partial charge in [0.2, 0.25) is 11.7 Å². The molecule has 0 bridgehead atoms. The van der Waals surface area contributed by atoms with Crippen molar-refractivity contribution in [1.82, 2.24) is 20.4 Å². The van der Waals surface area contributed by atoms with Gasteiger partial charge in [0.25, 0.3) is 5.89 Å². The van der Waals surface area contributed by atoms with Crippen LogP contribution in [0.1, 0.15) is 11.5 Å². The summed E-state index contributed by atoms with van der Waals surface area (Å²) >= 11 is 0. The van der Waals surface area contributed by atoms with Crippen LogP contribution in [-0.2, 0) is 22.6 Å². The maximum Gasteiger partial charge on any atom is 0.252 e. The van der Waals surface area contributed by atoms with E-state index in [9.17, 15) is 9.90 Å². The van der Waals surface area contributed by atoms with E-state index in [2.05, 4.69) is 20.4 Å². The number of nitrogens with one attached hydrogen (secondary N) is 1. The number of ether oxygens (including phenoxy) is 1. The van der Waals surface area contributed by atoms with E-state index < -0.39 is 0 Å². The Kier molecular flexibility index (Phi) is 6.61. The van der Waals surface area contributed by atoms with Crippen molar-refractivity contribution in [3.8, 4) is 11.4 Å². The minimum Gasteiger partial charge on any atom is -0.394 e. The maximum absolute atomic E-state index is 12.0. The Morgan fingerprint density at radius 2 is 1.96 bits per heavy atom. The van der Waals surface area contributed by atoms with Crippen molar-refractivity contribution >= 4 is 5.91 Å². The van der Waals surface area contributed by atoms with Gasteiger partial charge < -0.3 is 19.7 Å². The number of carbonyl (C=O) groups excluding carboxylic acids is 1. The van der Waals surface area contributed by atoms with E-state index in [4.69, 9.17) is 9.26 Å². The van der Waals surface area contributed by atoms with Gasteiger partial charge in [-0.2, -0.15) is 4.98 Å². The number of pyridine rings is 1. The van der Waals surface area contributed by atoms with E-state index in [-0.39, 0.29) is 37.7 Å². The summed E-state index contributed by atoms with van der Waals surface area (Å²) in [5.74, 6) is 0.389. The fourth-order valence-electron chi connectivity index (χ4n) is 2.49. The largest absolute Gasteiger partial charge is 0.394 e. The summed E-state index contributed by atoms with van der Waals surface area (Å²) in [4.78, 5) is 20.1. The van der Waals surface area contributed by atoms with E-state index >= 15 is 0 Å². The maximum atomic E-state index is 12.0. The fourth-order valence-corrected chi connectivity index (χ4v) is 2.49. The number of aliphatic hydroxyl groups is 1. The molecule has 2 heterocycles. The number of aromatic nitrogens is 3. The van der Waals surface area contributed by atoms with Gasteiger partial charge in [0, 0.05) is 18.0 Å². The first-order valence-electron chi connectivity index (χ1n) is 8.49. The van der Waals surface area contributed by atoms with Crippen molar-refractivity contribution in [2.24, 2.45) is 0 Å². The molecule has 0 radical (unpaired) electrons. The molecule has 3 rings (SSSR count). The van der Waals surface area contributed by atoms with E-state index in [0.717, 1.165) is 11.1 Å². The number of hydrogen-bond donors (Lipinski definition) is 2. The van der Waals surface area contributed by atoms with Crippen LogP contribution in [0.4, 0.5) is 0 Å². The number of benzene rings is 1. The fraction of sp³-hybridized carbons (Fsp3) is 0.263. The number of rotatable bonds is 9. The summed E-state index contributed by atoms with van der Waals surface area (Å²) in [6.07, 6.45) is 3.82. The third-order valence-corrected chi connectivity index (χ3v) is 3.78. The topological polar surface area (TPSA) is 110 Å². The van der Waals surface area contributed by atoms with Crippen molar-refractivity contribution in [3.63, 3.8) is 0 Å². The monoisotopic (exact) mass is 368 g/mol. The Bertz CT molecular complexity index is 839. The van der Waals surface area contributed by atoms with Gasteiger partial charge in [-0.15, -0.1) is 0 Å². The van der Waals surface area contributed by atoms with E-state index in [0.29, 0.717) is 12.2 Å². The van der Waals surface area contributed by atoms with Crippen LogP contribution >= 0.6 is 0 Å². The molecule has 0 aliphatic carbocycles. The second kappa shape index (κ2) is 9.56. The normalized spacial score (nSPS) is 11.9. The predicted octanol–water partition coefficient (Wildman–Crippen LogP) is 1.37. The summed E-state index contributed by atoms with van der Waals surface area (Å²) < 4.78 is 10.4. The summed E-state index contributed by atoms with van der Waals surface area (Å²) in [5, 5.41) is 16.1. The Balaban J connectivity index is 1.43. The summed E-state index contributed by atoms with van der Waals surface area (Å²) in [6.45, 7) is -0.300. The zero-order valence-electron chi connectivity index (χ0n) is 14.6. The van der Waals surface area contributed by atoms with Crippen LogP contribution in [0.3, 0.4) is 0 Å². The van der Waals surface area contributed by atoms with E-state index in [1.807, 2.05) is 30.3 Å². The number of amides is 1. The van der Waals surface area contributed by atoms with Crippen molar-refractivity contribution < 1.29 is 19.2 Å². The predicted molar refractivity (Wildman–Crippen MR) is 96.3 cm³/mol. The number of hydrogen-bond acceptors (Lipinski definition) is 7. The smallest absolute Gasteiger partial charge is 0.252 e. The van der Waals surface area contributed by atoms with Crippen molar-refractivity contribution in [2.45, 2.75) is 19.1 Å². The van der Waals surface area contributed by atoms with Gasteiger partial charge in [0.15, 0.2) is 0 Å². The molecule has 1 atom stereocenters. The average Bonchev–Trinajstić information content (AvgIpc) is 3.18. The van der Waals surface area contributed by atoms with Crippen LogP contribution in [0, 0.1) is 0 Å². The SMILES string of the molecule is O=C(COCc1nc(-c2ccncc2)no1)NC(CO)Cc1ccccc1. The summed E-state index contributed by atoms with van der Waals surface area (Å²) in [7, 11) is 0. The average molecular weight is 368 g/mol. The van der Waals surface area contributed by atoms with Gasteiger partial charge in [-0.3, -0.25) is 9.78 Å². The first-order valence-corrected chi connectivity index (χ1v) is 8.49. The molecule has 2 N–H and O–H groups in total. The zero-order valence-corrected chi connectivity index (χ0v) is 14.6. The second-order valence-corrected chi connectivity index (χ2v) is 5.88. The highest BCUT2D eigenvalue weighted by atomic mass is 16.5. The minimum atomic E-state index is -0.370. The highest BCUT2D eigenvalue weighted by Crippen LogP contribution is 2.14. The molecule has 3 aromatic rings. The molecule has 0 aliphatic rings. The molecule has 1 aromatic carbocycles. The Labute approximate surface area is 156 Å². The summed E-state index contributed by atoms with van der Waals surface area (Å²) in [6, 6.07) is 12.8. The minimum absolute atomic E-state index is 0.0218. The standard InChI is InChI=1S/C19H20N4O4/c24-11-16(10-14-4-2-1-3-5-14)21-17(25)12-26-13-18-22-19(23-27-18)15-6-8-20-9-7-15/h1-9,16,24H,10-13H2,(H,21,25). The molecule has 0 spiro atoms. The van der Waals surface area contributed by atoms with Crippen molar-refractivity contribution in [1.29, 1.82) is 0 Å². The molecular formula is C19H20N4O4. The zero-order chi connectivity index (χ0) is 18.9. The molecule has 27 heavy (non-hydrogen) atoms. The van der Waals surface area contributed by atoms with Crippen LogP contribution in [0.5, 0.6) is 0 Å². The van der Waals surface area contributed by atoms with Crippen molar-refractivity contribution in [2.75, 3.05) is 13.2 Å². The highest BCUT2D eigenvalue weighted by Gasteiger charge is 2.13. The van der Waals surface area contributed by atoms with Gasteiger partial charge in [-0.1, -0.05) is 35.5 Å². The quantitative estimate of drug-likeness (QED) is 0.587. The molecule has 8 heteroatoms. The Morgan fingerprint density at radius 1 is 1.19 bits per heavy atom. The molecule has 140 valence electrons. The summed E-state index contributed by atoms with van der Waals surface area (Å²) in [5.41, 5.74) is 1.82. The molecule has 1 unspecified atom stereocenters. The van der Waals surface area contributed by atoms with E-state index in [1.165, 1.54) is 0 Å². The lowest BCUT2D eigenvalue weighted by molar-refractivity contribution is -0.127. The van der Waals surface area contributed by atoms with Crippen LogP contribution in [0.2, 0.25) is 0 Å². The highest BCUT2D eigenvalue weighted by molar-refractivity contribution is 5.77. The van der Waals surface area contributed by atoms with Crippen LogP contribution in [-0.4, -0.2) is 45.4 Å². The number of carbonyl (C=O) groups is 1. The lowest BCUT2D eigenvalue weighted by Crippen LogP contribution is -2.40. The van der Waals surface area contributed by atoms with Crippen LogP contribution < -0.4 is 5.32 Å². The van der Waals surface area contributed by atoms with Gasteiger partial charge in [-0.05, 0) is 24.1 Å². The van der Waals surface area contributed by atoms with Gasteiger partial charge in [0.05, 0.1) is 12.6 Å². The molecule has 0 aliphatic heterocycles. The van der Waals surface area contributed by atoms with Gasteiger partial charge in [0.1, 0.15) is 13.2 Å². The van der Waals surface area contributed by atoms with Crippen LogP contribution in [0.25, 0.3) is 11.4 Å². The first kappa shape index (κ1) is 18.7. The molecule has 0 saturated carbocycles. The first-order chi connectivity index (χ1) is 13.2. The van der Waals surface area contributed by atoms with Crippen molar-refractivity contribution in [3.05, 3.63) is 66.3 Å². The van der Waals surface area contributed by atoms with Gasteiger partial charge in [-0.25, -0.2) is 0 Å². The third-order valence-electron chi connectivity index (χ3n) is 3.78. The second-order valence-electron chi connectivity index (χ2n) is 5.88. The third kappa shape index (κ3) is 5.70. The lowest BCUT2D eigenvalue weighted by Gasteiger charge is -2.16. The number of aliphatic hydroxyl groups excluding tert-OH is 1. The Morgan fingerprint density at radius 3 is 2.70 bits per heavy atom. The molecule has 8 nitrogen and oxygen atoms in total. The molecule has 1 amide bonds. The van der Waals surface area contributed by atoms with Gasteiger partial charge >= 0.3 is 0 Å². The molecule has 2 aromatic heterocycles. The number of nitrogens with zero attached hydrogens (tertiary/aromatic N) is 3. The molecule has 0 saturated heterocycles. The lowest BCUT2D eigenvalue weighted by atomic mass is 10.1.